The predicted molar refractivity (Wildman–Crippen MR) is 170 cm³/mol. The summed E-state index contributed by atoms with van der Waals surface area (Å²) in [5, 5.41) is 28.6. The van der Waals surface area contributed by atoms with Crippen molar-refractivity contribution in [2.45, 2.75) is 49.0 Å². The van der Waals surface area contributed by atoms with Gasteiger partial charge in [-0.2, -0.15) is 9.97 Å². The maximum atomic E-state index is 12.3. The van der Waals surface area contributed by atoms with E-state index in [1.54, 1.807) is 0 Å². The molecule has 0 amide bonds. The lowest BCUT2D eigenvalue weighted by atomic mass is 10.1. The van der Waals surface area contributed by atoms with E-state index in [1.165, 1.54) is 21.8 Å². The standard InChI is InChI=1S/C20H26N12O9P2S3/c21-19-25-13-9(15(35)27-19)23-3-31(13)17-11(33)7-6(41-17)2-39-43(45,46)30-8-5(1-38-42(37,44)29-7)40-18(12(8)34)32-4-24-10-14(32)26-20(22)28-16(10)36/h3-8,11-12,17-18,33-34H,1-2H2,(H2,29,37,44)(H2,30,45,46)(H3,21,25,27,35)(H3,22,26,28,36)/t5-,6-,7-,8-,11-,12-,17-,18-,42?/m1/s1. The first-order valence-corrected chi connectivity index (χ1v) is 19.9. The van der Waals surface area contributed by atoms with Gasteiger partial charge in [-0.25, -0.2) is 15.1 Å². The Labute approximate surface area is 271 Å². The molecule has 7 heterocycles. The van der Waals surface area contributed by atoms with E-state index >= 15 is 0 Å². The number of nitrogens with two attached hydrogens (primary N) is 2. The van der Waals surface area contributed by atoms with E-state index in [-0.39, 0.29) is 47.4 Å². The van der Waals surface area contributed by atoms with E-state index in [1.807, 2.05) is 0 Å². The highest BCUT2D eigenvalue weighted by Gasteiger charge is 2.51. The van der Waals surface area contributed by atoms with Crippen LogP contribution in [-0.4, -0.2) is 104 Å². The summed E-state index contributed by atoms with van der Waals surface area (Å²) in [7, 11) is 0. The van der Waals surface area contributed by atoms with Crippen LogP contribution in [0.4, 0.5) is 11.9 Å². The lowest BCUT2D eigenvalue weighted by molar-refractivity contribution is -0.0465. The number of anilines is 2. The Balaban J connectivity index is 1.18. The number of hydrogen-bond acceptors (Lipinski definition) is 16. The largest absolute Gasteiger partial charge is 0.387 e. The van der Waals surface area contributed by atoms with Gasteiger partial charge in [0.25, 0.3) is 17.8 Å². The number of aliphatic hydroxyl groups excluding tert-OH is 2. The molecule has 0 radical (unpaired) electrons. The van der Waals surface area contributed by atoms with E-state index < -0.39 is 72.3 Å². The second-order valence-electron chi connectivity index (χ2n) is 10.6. The molecule has 46 heavy (non-hydrogen) atoms. The van der Waals surface area contributed by atoms with Crippen molar-refractivity contribution >= 4 is 82.3 Å². The molecule has 21 nitrogen and oxygen atoms in total. The molecule has 0 spiro atoms. The van der Waals surface area contributed by atoms with Gasteiger partial charge >= 0.3 is 0 Å². The second kappa shape index (κ2) is 11.6. The van der Waals surface area contributed by atoms with Gasteiger partial charge in [0.05, 0.1) is 38.0 Å². The van der Waals surface area contributed by atoms with Gasteiger partial charge in [0.15, 0.2) is 40.4 Å². The van der Waals surface area contributed by atoms with Gasteiger partial charge in [-0.15, -0.1) is 12.2 Å². The van der Waals surface area contributed by atoms with Crippen molar-refractivity contribution in [2.24, 2.45) is 0 Å². The van der Waals surface area contributed by atoms with Crippen molar-refractivity contribution in [2.75, 3.05) is 24.7 Å². The highest BCUT2D eigenvalue weighted by Crippen LogP contribution is 2.52. The molecule has 10 atom stereocenters. The third kappa shape index (κ3) is 5.71. The molecule has 3 saturated heterocycles. The normalized spacial score (nSPS) is 37.1. The molecular formula is C20H26N12O9P2S3. The summed E-state index contributed by atoms with van der Waals surface area (Å²) in [5.41, 5.74) is 7.05. The zero-order chi connectivity index (χ0) is 32.7. The number of imidazole rings is 2. The molecule has 3 fully saturated rings. The third-order valence-electron chi connectivity index (χ3n) is 7.65. The molecular weight excluding hydrogens is 710 g/mol. The molecule has 248 valence electrons. The van der Waals surface area contributed by atoms with Crippen molar-refractivity contribution in [3.05, 3.63) is 33.4 Å². The van der Waals surface area contributed by atoms with Gasteiger partial charge in [-0.05, 0) is 23.6 Å². The van der Waals surface area contributed by atoms with Crippen LogP contribution in [0.3, 0.4) is 0 Å². The number of nitrogen functional groups attached to an aromatic ring is 2. The predicted octanol–water partition coefficient (Wildman–Crippen LogP) is -2.73. The van der Waals surface area contributed by atoms with Crippen LogP contribution in [0.15, 0.2) is 22.2 Å². The Hall–Kier alpha value is -2.41. The van der Waals surface area contributed by atoms with E-state index in [0.29, 0.717) is 0 Å². The van der Waals surface area contributed by atoms with Gasteiger partial charge < -0.3 is 45.1 Å². The van der Waals surface area contributed by atoms with Gasteiger partial charge in [0.1, 0.15) is 24.4 Å². The van der Waals surface area contributed by atoms with E-state index in [0.717, 1.165) is 0 Å². The number of nitrogens with one attached hydrogen (secondary N) is 4. The van der Waals surface area contributed by atoms with Crippen LogP contribution in [-0.2, 0) is 42.1 Å². The number of hydrogen-bond donors (Lipinski definition) is 10. The van der Waals surface area contributed by atoms with Gasteiger partial charge in [0, 0.05) is 0 Å². The van der Waals surface area contributed by atoms with Crippen LogP contribution in [0, 0.1) is 0 Å². The van der Waals surface area contributed by atoms with Crippen molar-refractivity contribution in [1.29, 1.82) is 0 Å². The smallest absolute Gasteiger partial charge is 0.280 e. The van der Waals surface area contributed by atoms with Crippen molar-refractivity contribution in [1.82, 2.24) is 49.2 Å². The molecule has 3 aliphatic heterocycles. The van der Waals surface area contributed by atoms with Crippen LogP contribution >= 0.6 is 24.5 Å². The fourth-order valence-electron chi connectivity index (χ4n) is 5.61. The summed E-state index contributed by atoms with van der Waals surface area (Å²) in [4.78, 5) is 56.8. The summed E-state index contributed by atoms with van der Waals surface area (Å²) in [5.74, 6) is -0.341. The Bertz CT molecular complexity index is 1910. The number of rotatable bonds is 2. The molecule has 0 aromatic carbocycles. The van der Waals surface area contributed by atoms with Crippen LogP contribution < -0.4 is 32.8 Å². The van der Waals surface area contributed by atoms with E-state index in [4.69, 9.17) is 53.6 Å². The van der Waals surface area contributed by atoms with Crippen molar-refractivity contribution in [3.63, 3.8) is 0 Å². The molecule has 11 N–H and O–H groups in total. The number of aromatic nitrogens is 8. The summed E-state index contributed by atoms with van der Waals surface area (Å²) >= 11 is 15.6. The molecule has 3 aliphatic rings. The van der Waals surface area contributed by atoms with Crippen molar-refractivity contribution < 1.29 is 33.6 Å². The minimum absolute atomic E-state index is 0.0315. The molecule has 4 aromatic heterocycles. The third-order valence-corrected chi connectivity index (χ3v) is 11.9. The van der Waals surface area contributed by atoms with Crippen LogP contribution in [0.25, 0.3) is 22.3 Å². The molecule has 0 aliphatic carbocycles. The molecule has 0 saturated carbocycles. The summed E-state index contributed by atoms with van der Waals surface area (Å²) in [6.07, 6.45) is -4.56. The fourth-order valence-corrected chi connectivity index (χ4v) is 9.54. The number of nitrogens with zero attached hydrogens (tertiary/aromatic N) is 6. The Kier molecular flexibility index (Phi) is 8.13. The number of H-pyrrole nitrogens is 2. The van der Waals surface area contributed by atoms with Crippen molar-refractivity contribution in [3.8, 4) is 0 Å². The van der Waals surface area contributed by atoms with Gasteiger partial charge in [0.2, 0.25) is 11.9 Å². The Morgan fingerprint density at radius 2 is 1.30 bits per heavy atom. The lowest BCUT2D eigenvalue weighted by Crippen LogP contribution is -2.47. The van der Waals surface area contributed by atoms with E-state index in [2.05, 4.69) is 52.3 Å². The number of aromatic amines is 2. The SMILES string of the molecule is Nc1nc2c(ncn2[C@@H]2O[C@@H]3COP(=S)(S)N[C@H]4[C@@H](O)[C@H](n5cnc6c(=O)[nH]c(N)nc65)O[C@@H]4COP(O)(=S)N[C@H]3[C@H]2O)c(=O)[nH]1. The first-order valence-electron chi connectivity index (χ1n) is 13.3. The highest BCUT2D eigenvalue weighted by molar-refractivity contribution is 8.61. The maximum absolute atomic E-state index is 12.3. The van der Waals surface area contributed by atoms with Gasteiger partial charge in [-0.1, -0.05) is 0 Å². The summed E-state index contributed by atoms with van der Waals surface area (Å²) in [6, 6.07) is -2.06. The monoisotopic (exact) mass is 736 g/mol. The van der Waals surface area contributed by atoms with Crippen LogP contribution in [0.1, 0.15) is 12.5 Å². The highest BCUT2D eigenvalue weighted by atomic mass is 32.9. The van der Waals surface area contributed by atoms with Crippen LogP contribution in [0.5, 0.6) is 0 Å². The first-order chi connectivity index (χ1) is 21.7. The molecule has 4 aromatic rings. The van der Waals surface area contributed by atoms with Gasteiger partial charge in [-0.3, -0.25) is 33.8 Å². The minimum atomic E-state index is -3.89. The Morgan fingerprint density at radius 1 is 0.848 bits per heavy atom. The summed E-state index contributed by atoms with van der Waals surface area (Å²) in [6.45, 7) is -4.53. The number of ether oxygens (including phenoxy) is 2. The average Bonchev–Trinajstić information content (AvgIpc) is 3.72. The molecule has 26 heteroatoms. The van der Waals surface area contributed by atoms with Crippen LogP contribution in [0.2, 0.25) is 0 Å². The Morgan fingerprint density at radius 3 is 1.80 bits per heavy atom. The number of fused-ring (bicyclic) bond motifs is 4. The number of aliphatic hydroxyl groups is 2. The number of thiol groups is 1. The summed E-state index contributed by atoms with van der Waals surface area (Å²) < 4.78 is 26.6. The lowest BCUT2D eigenvalue weighted by Gasteiger charge is -2.32. The molecule has 7 rings (SSSR count). The fraction of sp³-hybridized carbons (Fsp3) is 0.500. The second-order valence-corrected chi connectivity index (χ2v) is 19.2. The topological polar surface area (TPSA) is 301 Å². The zero-order valence-corrected chi connectivity index (χ0v) is 27.3. The zero-order valence-electron chi connectivity index (χ0n) is 23.0. The maximum Gasteiger partial charge on any atom is 0.280 e. The van der Waals surface area contributed by atoms with E-state index in [9.17, 15) is 24.7 Å². The quantitative estimate of drug-likeness (QED) is 0.0738. The molecule has 2 unspecified atom stereocenters. The first kappa shape index (κ1) is 32.2. The average molecular weight is 737 g/mol. The minimum Gasteiger partial charge on any atom is -0.387 e. The molecule has 0 bridgehead atoms.